The minimum atomic E-state index is 0.352. The van der Waals surface area contributed by atoms with Crippen LogP contribution in [0.2, 0.25) is 0 Å². The molecule has 0 fully saturated rings. The highest BCUT2D eigenvalue weighted by Gasteiger charge is 2.15. The Hall–Kier alpha value is -1.88. The van der Waals surface area contributed by atoms with Gasteiger partial charge in [0.15, 0.2) is 0 Å². The summed E-state index contributed by atoms with van der Waals surface area (Å²) in [6, 6.07) is 8.08. The summed E-state index contributed by atoms with van der Waals surface area (Å²) in [5.74, 6) is 2.01. The van der Waals surface area contributed by atoms with Gasteiger partial charge in [-0.25, -0.2) is 0 Å². The Balaban J connectivity index is 2.20. The van der Waals surface area contributed by atoms with Crippen LogP contribution in [-0.4, -0.2) is 29.8 Å². The summed E-state index contributed by atoms with van der Waals surface area (Å²) < 4.78 is 10.9. The van der Waals surface area contributed by atoms with Crippen molar-refractivity contribution in [3.63, 3.8) is 0 Å². The van der Waals surface area contributed by atoms with Crippen LogP contribution in [0.3, 0.4) is 0 Å². The summed E-state index contributed by atoms with van der Waals surface area (Å²) in [6.45, 7) is 4.69. The first-order valence-electron chi connectivity index (χ1n) is 7.00. The van der Waals surface area contributed by atoms with Crippen LogP contribution in [0.15, 0.2) is 28.8 Å². The fourth-order valence-electron chi connectivity index (χ4n) is 2.04. The molecule has 1 N–H and O–H groups in total. The molecule has 0 spiro atoms. The number of hydrogen-bond donors (Lipinski definition) is 1. The highest BCUT2D eigenvalue weighted by atomic mass is 16.5. The van der Waals surface area contributed by atoms with Gasteiger partial charge in [0, 0.05) is 12.5 Å². The van der Waals surface area contributed by atoms with Crippen LogP contribution in [0.1, 0.15) is 26.2 Å². The number of benzene rings is 1. The number of nitrogens with zero attached hydrogens (tertiary/aromatic N) is 2. The number of hydrogen-bond acceptors (Lipinski definition) is 5. The van der Waals surface area contributed by atoms with Gasteiger partial charge in [-0.1, -0.05) is 24.2 Å². The van der Waals surface area contributed by atoms with E-state index in [0.717, 1.165) is 24.2 Å². The van der Waals surface area contributed by atoms with Crippen LogP contribution < -0.4 is 10.1 Å². The van der Waals surface area contributed by atoms with Crippen molar-refractivity contribution in [2.45, 2.75) is 32.7 Å². The molecular formula is C15H21N3O2. The zero-order chi connectivity index (χ0) is 14.4. The van der Waals surface area contributed by atoms with Crippen molar-refractivity contribution >= 4 is 0 Å². The van der Waals surface area contributed by atoms with Crippen molar-refractivity contribution < 1.29 is 9.26 Å². The van der Waals surface area contributed by atoms with E-state index in [9.17, 15) is 0 Å². The number of ether oxygens (including phenoxy) is 1. The highest BCUT2D eigenvalue weighted by Crippen LogP contribution is 2.27. The fourth-order valence-corrected chi connectivity index (χ4v) is 2.04. The lowest BCUT2D eigenvalue weighted by molar-refractivity contribution is 0.340. The minimum Gasteiger partial charge on any atom is -0.493 e. The summed E-state index contributed by atoms with van der Waals surface area (Å²) in [5, 5.41) is 7.29. The van der Waals surface area contributed by atoms with E-state index >= 15 is 0 Å². The molecule has 0 aliphatic carbocycles. The Bertz CT molecular complexity index is 535. The quantitative estimate of drug-likeness (QED) is 0.841. The zero-order valence-corrected chi connectivity index (χ0v) is 12.2. The molecular weight excluding hydrogens is 254 g/mol. The van der Waals surface area contributed by atoms with Gasteiger partial charge in [0.1, 0.15) is 5.75 Å². The van der Waals surface area contributed by atoms with E-state index in [4.69, 9.17) is 9.26 Å². The Morgan fingerprint density at radius 3 is 2.80 bits per heavy atom. The second-order valence-corrected chi connectivity index (χ2v) is 4.54. The van der Waals surface area contributed by atoms with Crippen molar-refractivity contribution in [3.05, 3.63) is 30.2 Å². The van der Waals surface area contributed by atoms with Crippen molar-refractivity contribution in [2.75, 3.05) is 13.7 Å². The molecule has 2 rings (SSSR count). The van der Waals surface area contributed by atoms with Crippen molar-refractivity contribution in [1.82, 2.24) is 15.5 Å². The van der Waals surface area contributed by atoms with Gasteiger partial charge in [-0.15, -0.1) is 0 Å². The maximum atomic E-state index is 5.59. The van der Waals surface area contributed by atoms with Crippen molar-refractivity contribution in [3.8, 4) is 17.1 Å². The number of likely N-dealkylation sites (N-methyl/N-ethyl adjacent to an activating group) is 1. The number of aromatic nitrogens is 2. The van der Waals surface area contributed by atoms with E-state index < -0.39 is 0 Å². The predicted octanol–water partition coefficient (Wildman–Crippen LogP) is 2.68. The lowest BCUT2D eigenvalue weighted by Gasteiger charge is -2.09. The largest absolute Gasteiger partial charge is 0.493 e. The van der Waals surface area contributed by atoms with E-state index in [0.29, 0.717) is 24.4 Å². The Morgan fingerprint density at radius 1 is 1.30 bits per heavy atom. The van der Waals surface area contributed by atoms with Gasteiger partial charge in [-0.05, 0) is 32.5 Å². The number of rotatable bonds is 7. The van der Waals surface area contributed by atoms with Crippen LogP contribution >= 0.6 is 0 Å². The molecule has 1 atom stereocenters. The maximum Gasteiger partial charge on any atom is 0.228 e. The average molecular weight is 275 g/mol. The molecule has 5 nitrogen and oxygen atoms in total. The first kappa shape index (κ1) is 14.5. The predicted molar refractivity (Wildman–Crippen MR) is 77.7 cm³/mol. The van der Waals surface area contributed by atoms with E-state index in [1.807, 2.05) is 38.2 Å². The summed E-state index contributed by atoms with van der Waals surface area (Å²) >= 11 is 0. The number of para-hydroxylation sites is 1. The Kier molecular flexibility index (Phi) is 5.12. The van der Waals surface area contributed by atoms with E-state index in [2.05, 4.69) is 22.4 Å². The summed E-state index contributed by atoms with van der Waals surface area (Å²) in [6.07, 6.45) is 1.75. The van der Waals surface area contributed by atoms with Gasteiger partial charge in [0.2, 0.25) is 11.7 Å². The molecule has 108 valence electrons. The van der Waals surface area contributed by atoms with Crippen LogP contribution in [0.5, 0.6) is 5.75 Å². The van der Waals surface area contributed by atoms with Gasteiger partial charge in [-0.2, -0.15) is 4.98 Å². The van der Waals surface area contributed by atoms with Crippen LogP contribution in [0.4, 0.5) is 0 Å². The summed E-state index contributed by atoms with van der Waals surface area (Å²) in [5.41, 5.74) is 0.863. The maximum absolute atomic E-state index is 5.59. The lowest BCUT2D eigenvalue weighted by atomic mass is 10.1. The van der Waals surface area contributed by atoms with Gasteiger partial charge in [-0.3, -0.25) is 0 Å². The van der Waals surface area contributed by atoms with Crippen molar-refractivity contribution in [1.29, 1.82) is 0 Å². The molecule has 1 aromatic heterocycles. The number of nitrogens with one attached hydrogen (secondary N) is 1. The van der Waals surface area contributed by atoms with Gasteiger partial charge in [0.25, 0.3) is 0 Å². The monoisotopic (exact) mass is 275 g/mol. The van der Waals surface area contributed by atoms with E-state index in [-0.39, 0.29) is 0 Å². The normalized spacial score (nSPS) is 12.3. The molecule has 0 saturated carbocycles. The van der Waals surface area contributed by atoms with Crippen LogP contribution in [0.25, 0.3) is 11.4 Å². The third-order valence-electron chi connectivity index (χ3n) is 3.22. The minimum absolute atomic E-state index is 0.352. The van der Waals surface area contributed by atoms with E-state index in [1.165, 1.54) is 0 Å². The second kappa shape index (κ2) is 7.05. The molecule has 1 heterocycles. The molecule has 5 heteroatoms. The topological polar surface area (TPSA) is 60.2 Å². The molecule has 1 unspecified atom stereocenters. The van der Waals surface area contributed by atoms with E-state index in [1.54, 1.807) is 0 Å². The molecule has 0 aliphatic heterocycles. The summed E-state index contributed by atoms with van der Waals surface area (Å²) in [7, 11) is 1.94. The van der Waals surface area contributed by atoms with Gasteiger partial charge in [0.05, 0.1) is 12.2 Å². The molecule has 0 radical (unpaired) electrons. The second-order valence-electron chi connectivity index (χ2n) is 4.54. The molecule has 0 saturated heterocycles. The Morgan fingerprint density at radius 2 is 2.10 bits per heavy atom. The summed E-state index contributed by atoms with van der Waals surface area (Å²) in [4.78, 5) is 4.46. The zero-order valence-electron chi connectivity index (χ0n) is 12.2. The first-order chi connectivity index (χ1) is 9.78. The smallest absolute Gasteiger partial charge is 0.228 e. The van der Waals surface area contributed by atoms with Gasteiger partial charge < -0.3 is 14.6 Å². The first-order valence-corrected chi connectivity index (χ1v) is 7.00. The van der Waals surface area contributed by atoms with Crippen LogP contribution in [-0.2, 0) is 6.42 Å². The third kappa shape index (κ3) is 3.36. The molecule has 2 aromatic rings. The van der Waals surface area contributed by atoms with Crippen LogP contribution in [0, 0.1) is 0 Å². The van der Waals surface area contributed by atoms with Crippen molar-refractivity contribution in [2.24, 2.45) is 0 Å². The SMILES string of the molecule is CCOc1ccccc1-c1noc(CC(CC)NC)n1. The standard InChI is InChI=1S/C15H21N3O2/c1-4-11(16-3)10-14-17-15(18-20-14)12-8-6-7-9-13(12)19-5-2/h6-9,11,16H,4-5,10H2,1-3H3. The highest BCUT2D eigenvalue weighted by molar-refractivity contribution is 5.63. The molecule has 20 heavy (non-hydrogen) atoms. The lowest BCUT2D eigenvalue weighted by Crippen LogP contribution is -2.26. The molecule has 0 aliphatic rings. The third-order valence-corrected chi connectivity index (χ3v) is 3.22. The molecule has 0 bridgehead atoms. The molecule has 0 amide bonds. The fraction of sp³-hybridized carbons (Fsp3) is 0.467. The average Bonchev–Trinajstić information content (AvgIpc) is 2.94. The Labute approximate surface area is 119 Å². The van der Waals surface area contributed by atoms with Gasteiger partial charge >= 0.3 is 0 Å². The molecule has 1 aromatic carbocycles.